The van der Waals surface area contributed by atoms with Gasteiger partial charge >= 0.3 is 0 Å². The molecule has 0 saturated carbocycles. The van der Waals surface area contributed by atoms with Crippen LogP contribution in [0.25, 0.3) is 44.8 Å². The number of hydrogen-bond acceptors (Lipinski definition) is 5. The lowest BCUT2D eigenvalue weighted by Gasteiger charge is -2.34. The molecule has 2 N–H and O–H groups in total. The molecule has 1 aliphatic heterocycles. The van der Waals surface area contributed by atoms with Crippen LogP contribution in [0, 0.1) is 0 Å². The first kappa shape index (κ1) is 18.1. The first-order valence-electron chi connectivity index (χ1n) is 10.6. The molecule has 4 heterocycles. The molecular formula is C24H23N7. The minimum Gasteiger partial charge on any atom is -0.369 e. The van der Waals surface area contributed by atoms with Gasteiger partial charge in [0.2, 0.25) is 0 Å². The van der Waals surface area contributed by atoms with E-state index in [0.717, 1.165) is 71.0 Å². The summed E-state index contributed by atoms with van der Waals surface area (Å²) < 4.78 is 0. The van der Waals surface area contributed by atoms with Crippen LogP contribution in [0.1, 0.15) is 0 Å². The molecule has 6 rings (SSSR count). The minimum atomic E-state index is 0.746. The highest BCUT2D eigenvalue weighted by atomic mass is 15.2. The molecule has 1 saturated heterocycles. The summed E-state index contributed by atoms with van der Waals surface area (Å²) in [5, 5.41) is 0. The van der Waals surface area contributed by atoms with Gasteiger partial charge in [-0.05, 0) is 49.0 Å². The summed E-state index contributed by atoms with van der Waals surface area (Å²) >= 11 is 0. The number of nitrogens with one attached hydrogen (secondary N) is 2. The maximum absolute atomic E-state index is 4.77. The summed E-state index contributed by atoms with van der Waals surface area (Å²) in [6.07, 6.45) is 3.66. The van der Waals surface area contributed by atoms with E-state index in [1.54, 1.807) is 6.20 Å². The number of anilines is 1. The highest BCUT2D eigenvalue weighted by Crippen LogP contribution is 2.27. The Bertz CT molecular complexity index is 1360. The van der Waals surface area contributed by atoms with Crippen molar-refractivity contribution < 1.29 is 0 Å². The van der Waals surface area contributed by atoms with Gasteiger partial charge in [0.1, 0.15) is 0 Å². The van der Waals surface area contributed by atoms with Gasteiger partial charge in [-0.2, -0.15) is 0 Å². The molecule has 0 atom stereocenters. The Morgan fingerprint density at radius 3 is 2.19 bits per heavy atom. The zero-order valence-corrected chi connectivity index (χ0v) is 17.3. The van der Waals surface area contributed by atoms with Crippen LogP contribution in [0.5, 0.6) is 0 Å². The molecule has 5 aromatic rings. The van der Waals surface area contributed by atoms with Gasteiger partial charge in [-0.15, -0.1) is 0 Å². The number of nitrogens with zero attached hydrogens (tertiary/aromatic N) is 5. The molecule has 154 valence electrons. The van der Waals surface area contributed by atoms with E-state index >= 15 is 0 Å². The van der Waals surface area contributed by atoms with E-state index in [1.807, 2.05) is 18.3 Å². The lowest BCUT2D eigenvalue weighted by molar-refractivity contribution is 0.313. The number of likely N-dealkylation sites (N-methyl/N-ethyl adjacent to an activating group) is 1. The molecule has 2 aromatic carbocycles. The lowest BCUT2D eigenvalue weighted by atomic mass is 10.1. The lowest BCUT2D eigenvalue weighted by Crippen LogP contribution is -2.44. The summed E-state index contributed by atoms with van der Waals surface area (Å²) in [6, 6.07) is 16.7. The SMILES string of the molecule is CN1CCN(c2ccc3nc(-c4nc5ccc(-c6cccnc6)cc5[nH]4)[nH]c3c2)CC1. The van der Waals surface area contributed by atoms with Crippen molar-refractivity contribution in [2.24, 2.45) is 0 Å². The van der Waals surface area contributed by atoms with Crippen molar-refractivity contribution in [2.45, 2.75) is 0 Å². The molecule has 0 spiro atoms. The van der Waals surface area contributed by atoms with Crippen molar-refractivity contribution in [3.63, 3.8) is 0 Å². The van der Waals surface area contributed by atoms with Gasteiger partial charge in [0.05, 0.1) is 22.1 Å². The quantitative estimate of drug-likeness (QED) is 0.472. The third kappa shape index (κ3) is 3.33. The molecule has 1 fully saturated rings. The largest absolute Gasteiger partial charge is 0.369 e. The van der Waals surface area contributed by atoms with Crippen LogP contribution < -0.4 is 4.90 Å². The minimum absolute atomic E-state index is 0.746. The van der Waals surface area contributed by atoms with Crippen LogP contribution in [0.15, 0.2) is 60.9 Å². The standard InChI is InChI=1S/C24H23N7/c1-30-9-11-31(12-10-30)18-5-7-20-22(14-18)29-24(27-20)23-26-19-6-4-16(13-21(19)28-23)17-3-2-8-25-15-17/h2-8,13-15H,9-12H2,1H3,(H,26,28)(H,27,29). The molecule has 0 amide bonds. The van der Waals surface area contributed by atoms with E-state index in [9.17, 15) is 0 Å². The Morgan fingerprint density at radius 1 is 0.774 bits per heavy atom. The van der Waals surface area contributed by atoms with Crippen LogP contribution in [0.4, 0.5) is 5.69 Å². The molecule has 1 aliphatic rings. The fraction of sp³-hybridized carbons (Fsp3) is 0.208. The molecule has 7 heteroatoms. The van der Waals surface area contributed by atoms with E-state index < -0.39 is 0 Å². The number of piperazine rings is 1. The fourth-order valence-corrected chi connectivity index (χ4v) is 4.21. The number of rotatable bonds is 3. The average Bonchev–Trinajstić information content (AvgIpc) is 3.43. The zero-order chi connectivity index (χ0) is 20.8. The summed E-state index contributed by atoms with van der Waals surface area (Å²) in [4.78, 5) is 25.4. The van der Waals surface area contributed by atoms with E-state index in [2.05, 4.69) is 68.2 Å². The van der Waals surface area contributed by atoms with Crippen molar-refractivity contribution in [1.29, 1.82) is 0 Å². The summed E-state index contributed by atoms with van der Waals surface area (Å²) in [7, 11) is 2.18. The summed E-state index contributed by atoms with van der Waals surface area (Å²) in [5.74, 6) is 1.50. The van der Waals surface area contributed by atoms with Crippen LogP contribution in [0.3, 0.4) is 0 Å². The van der Waals surface area contributed by atoms with Gasteiger partial charge in [-0.1, -0.05) is 12.1 Å². The number of H-pyrrole nitrogens is 2. The van der Waals surface area contributed by atoms with E-state index in [-0.39, 0.29) is 0 Å². The van der Waals surface area contributed by atoms with Crippen molar-refractivity contribution >= 4 is 27.8 Å². The molecule has 3 aromatic heterocycles. The second kappa shape index (κ2) is 7.21. The van der Waals surface area contributed by atoms with Gasteiger partial charge in [-0.25, -0.2) is 9.97 Å². The normalized spacial score (nSPS) is 15.2. The number of fused-ring (bicyclic) bond motifs is 2. The van der Waals surface area contributed by atoms with Crippen LogP contribution in [-0.2, 0) is 0 Å². The Labute approximate surface area is 179 Å². The van der Waals surface area contributed by atoms with Gasteiger partial charge in [0.25, 0.3) is 0 Å². The number of imidazole rings is 2. The average molecular weight is 409 g/mol. The van der Waals surface area contributed by atoms with E-state index in [1.165, 1.54) is 5.69 Å². The molecule has 0 radical (unpaired) electrons. The number of aromatic nitrogens is 5. The third-order valence-electron chi connectivity index (χ3n) is 6.03. The molecule has 0 bridgehead atoms. The predicted molar refractivity (Wildman–Crippen MR) is 124 cm³/mol. The highest BCUT2D eigenvalue weighted by Gasteiger charge is 2.16. The molecule has 0 aliphatic carbocycles. The smallest absolute Gasteiger partial charge is 0.174 e. The highest BCUT2D eigenvalue weighted by molar-refractivity contribution is 5.86. The van der Waals surface area contributed by atoms with E-state index in [0.29, 0.717) is 0 Å². The van der Waals surface area contributed by atoms with Gasteiger partial charge in [-0.3, -0.25) is 4.98 Å². The Kier molecular flexibility index (Phi) is 4.21. The summed E-state index contributed by atoms with van der Waals surface area (Å²) in [5.41, 5.74) is 7.31. The topological polar surface area (TPSA) is 76.7 Å². The number of aromatic amines is 2. The predicted octanol–water partition coefficient (Wildman–Crippen LogP) is 3.92. The Hall–Kier alpha value is -3.71. The number of benzene rings is 2. The first-order valence-corrected chi connectivity index (χ1v) is 10.6. The van der Waals surface area contributed by atoms with Crippen LogP contribution in [-0.4, -0.2) is 63.0 Å². The van der Waals surface area contributed by atoms with Crippen LogP contribution >= 0.6 is 0 Å². The second-order valence-electron chi connectivity index (χ2n) is 8.14. The van der Waals surface area contributed by atoms with Crippen molar-refractivity contribution in [1.82, 2.24) is 29.8 Å². The van der Waals surface area contributed by atoms with Crippen LogP contribution in [0.2, 0.25) is 0 Å². The Morgan fingerprint density at radius 2 is 1.48 bits per heavy atom. The fourth-order valence-electron chi connectivity index (χ4n) is 4.21. The molecule has 31 heavy (non-hydrogen) atoms. The Balaban J connectivity index is 1.33. The maximum atomic E-state index is 4.77. The van der Waals surface area contributed by atoms with Gasteiger partial charge in [0.15, 0.2) is 11.6 Å². The third-order valence-corrected chi connectivity index (χ3v) is 6.03. The zero-order valence-electron chi connectivity index (χ0n) is 17.3. The molecule has 7 nitrogen and oxygen atoms in total. The van der Waals surface area contributed by atoms with Crippen molar-refractivity contribution in [3.8, 4) is 22.8 Å². The van der Waals surface area contributed by atoms with E-state index in [4.69, 9.17) is 9.97 Å². The molecular weight excluding hydrogens is 386 g/mol. The van der Waals surface area contributed by atoms with Gasteiger partial charge < -0.3 is 19.8 Å². The number of pyridine rings is 1. The van der Waals surface area contributed by atoms with Crippen molar-refractivity contribution in [3.05, 3.63) is 60.9 Å². The van der Waals surface area contributed by atoms with Gasteiger partial charge in [0, 0.05) is 49.8 Å². The summed E-state index contributed by atoms with van der Waals surface area (Å²) in [6.45, 7) is 4.27. The van der Waals surface area contributed by atoms with Crippen molar-refractivity contribution in [2.75, 3.05) is 38.1 Å². The molecule has 0 unspecified atom stereocenters. The number of hydrogen-bond donors (Lipinski definition) is 2. The second-order valence-corrected chi connectivity index (χ2v) is 8.14. The maximum Gasteiger partial charge on any atom is 0.174 e. The monoisotopic (exact) mass is 409 g/mol. The first-order chi connectivity index (χ1) is 15.2.